The molecule has 2 aromatic carbocycles. The zero-order chi connectivity index (χ0) is 21.8. The minimum absolute atomic E-state index is 0.195. The summed E-state index contributed by atoms with van der Waals surface area (Å²) in [5, 5.41) is 4.90. The van der Waals surface area contributed by atoms with Crippen LogP contribution in [0.5, 0.6) is 11.5 Å². The number of ether oxygens (including phenoxy) is 2. The Morgan fingerprint density at radius 1 is 1.06 bits per heavy atom. The summed E-state index contributed by atoms with van der Waals surface area (Å²) >= 11 is 1.35. The van der Waals surface area contributed by atoms with Gasteiger partial charge in [0.25, 0.3) is 5.91 Å². The van der Waals surface area contributed by atoms with Gasteiger partial charge in [-0.15, -0.1) is 11.3 Å². The minimum Gasteiger partial charge on any atom is -0.497 e. The number of nitrogens with zero attached hydrogens (tertiary/aromatic N) is 1. The Labute approximate surface area is 183 Å². The molecule has 1 amide bonds. The van der Waals surface area contributed by atoms with E-state index >= 15 is 0 Å². The van der Waals surface area contributed by atoms with Crippen LogP contribution in [0.25, 0.3) is 16.8 Å². The van der Waals surface area contributed by atoms with Crippen LogP contribution in [0.1, 0.15) is 15.2 Å². The van der Waals surface area contributed by atoms with Crippen LogP contribution < -0.4 is 14.8 Å². The molecule has 31 heavy (non-hydrogen) atoms. The van der Waals surface area contributed by atoms with Crippen molar-refractivity contribution in [1.82, 2.24) is 9.88 Å². The van der Waals surface area contributed by atoms with Crippen LogP contribution in [0.4, 0.5) is 4.39 Å². The van der Waals surface area contributed by atoms with E-state index in [1.54, 1.807) is 32.4 Å². The first-order valence-corrected chi connectivity index (χ1v) is 10.5. The summed E-state index contributed by atoms with van der Waals surface area (Å²) in [6, 6.07) is 15.5. The van der Waals surface area contributed by atoms with Gasteiger partial charge in [0.1, 0.15) is 22.2 Å². The Balaban J connectivity index is 1.64. The lowest BCUT2D eigenvalue weighted by molar-refractivity contribution is 0.0954. The summed E-state index contributed by atoms with van der Waals surface area (Å²) in [5.41, 5.74) is 3.32. The number of methoxy groups -OCH3 is 2. The lowest BCUT2D eigenvalue weighted by Gasteiger charge is -2.12. The maximum absolute atomic E-state index is 13.4. The van der Waals surface area contributed by atoms with Gasteiger partial charge in [0.2, 0.25) is 0 Å². The highest BCUT2D eigenvalue weighted by Crippen LogP contribution is 2.35. The average Bonchev–Trinajstić information content (AvgIpc) is 3.47. The molecular formula is C24H21FN2O3S. The van der Waals surface area contributed by atoms with Crippen molar-refractivity contribution in [2.75, 3.05) is 14.2 Å². The highest BCUT2D eigenvalue weighted by Gasteiger charge is 2.20. The molecule has 0 saturated carbocycles. The smallest absolute Gasteiger partial charge is 0.263 e. The highest BCUT2D eigenvalue weighted by atomic mass is 32.1. The molecule has 0 aliphatic carbocycles. The van der Waals surface area contributed by atoms with Crippen molar-refractivity contribution in [3.8, 4) is 28.3 Å². The molecule has 7 heteroatoms. The van der Waals surface area contributed by atoms with Gasteiger partial charge >= 0.3 is 0 Å². The van der Waals surface area contributed by atoms with Crippen LogP contribution in [0, 0.1) is 5.82 Å². The van der Waals surface area contributed by atoms with E-state index in [4.69, 9.17) is 9.47 Å². The maximum atomic E-state index is 13.4. The molecule has 0 spiro atoms. The van der Waals surface area contributed by atoms with Crippen molar-refractivity contribution >= 4 is 17.2 Å². The standard InChI is InChI=1S/C24H21FN2O3S/c1-29-19-10-7-17(21(13-19)30-2)14-26-24(28)23-22(27-11-3-4-12-27)20(15-31-23)16-5-8-18(25)9-6-16/h3-13,15H,14H2,1-2H3,(H,26,28). The molecule has 158 valence electrons. The summed E-state index contributed by atoms with van der Waals surface area (Å²) in [5.74, 6) is 0.834. The number of aromatic nitrogens is 1. The monoisotopic (exact) mass is 436 g/mol. The Bertz CT molecular complexity index is 1180. The molecule has 2 aromatic heterocycles. The second-order valence-electron chi connectivity index (χ2n) is 6.78. The van der Waals surface area contributed by atoms with Crippen LogP contribution >= 0.6 is 11.3 Å². The quantitative estimate of drug-likeness (QED) is 0.428. The summed E-state index contributed by atoms with van der Waals surface area (Å²) < 4.78 is 25.9. The van der Waals surface area contributed by atoms with E-state index in [1.165, 1.54) is 23.5 Å². The molecule has 0 aliphatic heterocycles. The van der Waals surface area contributed by atoms with E-state index in [1.807, 2.05) is 46.6 Å². The summed E-state index contributed by atoms with van der Waals surface area (Å²) in [6.45, 7) is 0.306. The van der Waals surface area contributed by atoms with Gasteiger partial charge in [0.15, 0.2) is 0 Å². The van der Waals surface area contributed by atoms with Crippen molar-refractivity contribution in [3.63, 3.8) is 0 Å². The van der Waals surface area contributed by atoms with Gasteiger partial charge in [-0.25, -0.2) is 4.39 Å². The SMILES string of the molecule is COc1ccc(CNC(=O)c2scc(-c3ccc(F)cc3)c2-n2cccc2)c(OC)c1. The van der Waals surface area contributed by atoms with Crippen LogP contribution in [0.15, 0.2) is 72.4 Å². The fourth-order valence-electron chi connectivity index (χ4n) is 3.34. The van der Waals surface area contributed by atoms with Crippen molar-refractivity contribution in [3.05, 3.63) is 88.6 Å². The van der Waals surface area contributed by atoms with Gasteiger partial charge in [0.05, 0.1) is 19.9 Å². The number of carbonyl (C=O) groups excluding carboxylic acids is 1. The third-order valence-electron chi connectivity index (χ3n) is 4.92. The van der Waals surface area contributed by atoms with Crippen LogP contribution in [0.2, 0.25) is 0 Å². The van der Waals surface area contributed by atoms with E-state index in [9.17, 15) is 9.18 Å². The third kappa shape index (κ3) is 4.32. The number of rotatable bonds is 7. The first-order valence-electron chi connectivity index (χ1n) is 9.60. The molecule has 5 nitrogen and oxygen atoms in total. The predicted molar refractivity (Wildman–Crippen MR) is 120 cm³/mol. The Kier molecular flexibility index (Phi) is 6.04. The van der Waals surface area contributed by atoms with Crippen molar-refractivity contribution in [2.24, 2.45) is 0 Å². The van der Waals surface area contributed by atoms with E-state index < -0.39 is 0 Å². The molecule has 4 aromatic rings. The summed E-state index contributed by atoms with van der Waals surface area (Å²) in [7, 11) is 3.17. The normalized spacial score (nSPS) is 10.7. The van der Waals surface area contributed by atoms with Crippen LogP contribution in [0.3, 0.4) is 0 Å². The highest BCUT2D eigenvalue weighted by molar-refractivity contribution is 7.13. The Morgan fingerprint density at radius 2 is 1.81 bits per heavy atom. The first kappa shape index (κ1) is 20.7. The van der Waals surface area contributed by atoms with Gasteiger partial charge in [-0.1, -0.05) is 12.1 Å². The number of halogens is 1. The fourth-order valence-corrected chi connectivity index (χ4v) is 4.33. The van der Waals surface area contributed by atoms with E-state index in [0.717, 1.165) is 22.4 Å². The lowest BCUT2D eigenvalue weighted by atomic mass is 10.1. The van der Waals surface area contributed by atoms with E-state index in [-0.39, 0.29) is 11.7 Å². The Morgan fingerprint density at radius 3 is 2.48 bits per heavy atom. The number of benzene rings is 2. The predicted octanol–water partition coefficient (Wildman–Crippen LogP) is 5.29. The van der Waals surface area contributed by atoms with Gasteiger partial charge in [-0.3, -0.25) is 4.79 Å². The van der Waals surface area contributed by atoms with Crippen molar-refractivity contribution < 1.29 is 18.7 Å². The number of nitrogens with one attached hydrogen (secondary N) is 1. The second-order valence-corrected chi connectivity index (χ2v) is 7.66. The van der Waals surface area contributed by atoms with Gasteiger partial charge in [0, 0.05) is 41.5 Å². The molecule has 0 bridgehead atoms. The lowest BCUT2D eigenvalue weighted by Crippen LogP contribution is -2.23. The molecule has 2 heterocycles. The number of thiophene rings is 1. The number of hydrogen-bond acceptors (Lipinski definition) is 4. The van der Waals surface area contributed by atoms with E-state index in [2.05, 4.69) is 5.32 Å². The second kappa shape index (κ2) is 9.06. The first-order chi connectivity index (χ1) is 15.1. The van der Waals surface area contributed by atoms with Gasteiger partial charge in [-0.2, -0.15) is 0 Å². The van der Waals surface area contributed by atoms with Crippen molar-refractivity contribution in [2.45, 2.75) is 6.54 Å². The number of hydrogen-bond donors (Lipinski definition) is 1. The van der Waals surface area contributed by atoms with Crippen molar-refractivity contribution in [1.29, 1.82) is 0 Å². The molecule has 4 rings (SSSR count). The zero-order valence-corrected chi connectivity index (χ0v) is 17.9. The van der Waals surface area contributed by atoms with Crippen LogP contribution in [-0.2, 0) is 6.54 Å². The molecule has 0 unspecified atom stereocenters. The van der Waals surface area contributed by atoms with Gasteiger partial charge < -0.3 is 19.4 Å². The summed E-state index contributed by atoms with van der Waals surface area (Å²) in [4.78, 5) is 13.7. The van der Waals surface area contributed by atoms with E-state index in [0.29, 0.717) is 22.9 Å². The molecule has 0 atom stereocenters. The maximum Gasteiger partial charge on any atom is 0.263 e. The Hall–Kier alpha value is -3.58. The fraction of sp³-hybridized carbons (Fsp3) is 0.125. The summed E-state index contributed by atoms with van der Waals surface area (Å²) in [6.07, 6.45) is 3.77. The number of carbonyl (C=O) groups is 1. The molecule has 0 saturated heterocycles. The zero-order valence-electron chi connectivity index (χ0n) is 17.1. The largest absolute Gasteiger partial charge is 0.497 e. The third-order valence-corrected chi connectivity index (χ3v) is 5.89. The minimum atomic E-state index is -0.298. The molecule has 0 aliphatic rings. The number of amides is 1. The topological polar surface area (TPSA) is 52.5 Å². The van der Waals surface area contributed by atoms with Crippen LogP contribution in [-0.4, -0.2) is 24.7 Å². The molecule has 0 fully saturated rings. The molecular weight excluding hydrogens is 415 g/mol. The average molecular weight is 437 g/mol. The molecule has 1 N–H and O–H groups in total. The van der Waals surface area contributed by atoms with Gasteiger partial charge in [-0.05, 0) is 42.0 Å². The molecule has 0 radical (unpaired) electrons.